The van der Waals surface area contributed by atoms with Crippen LogP contribution in [0.1, 0.15) is 44.7 Å². The van der Waals surface area contributed by atoms with E-state index in [0.717, 1.165) is 24.9 Å². The van der Waals surface area contributed by atoms with Crippen molar-refractivity contribution in [1.29, 1.82) is 0 Å². The predicted molar refractivity (Wildman–Crippen MR) is 79.6 cm³/mol. The highest BCUT2D eigenvalue weighted by Gasteiger charge is 2.23. The number of non-ortho nitro benzene ring substituents is 1. The fourth-order valence-electron chi connectivity index (χ4n) is 2.18. The fourth-order valence-corrected chi connectivity index (χ4v) is 2.18. The molecule has 1 aromatic carbocycles. The molecular formula is C15H24N2O3. The summed E-state index contributed by atoms with van der Waals surface area (Å²) in [7, 11) is 2.02. The van der Waals surface area contributed by atoms with E-state index in [0.29, 0.717) is 12.1 Å². The first-order valence-electron chi connectivity index (χ1n) is 6.94. The highest BCUT2D eigenvalue weighted by atomic mass is 16.6. The summed E-state index contributed by atoms with van der Waals surface area (Å²) in [4.78, 5) is 12.6. The van der Waals surface area contributed by atoms with Gasteiger partial charge in [-0.25, -0.2) is 0 Å². The Hall–Kier alpha value is -1.46. The molecule has 5 nitrogen and oxygen atoms in total. The van der Waals surface area contributed by atoms with Crippen molar-refractivity contribution < 1.29 is 10.0 Å². The second kappa shape index (κ2) is 6.81. The lowest BCUT2D eigenvalue weighted by Gasteiger charge is -2.24. The first-order valence-corrected chi connectivity index (χ1v) is 6.94. The third kappa shape index (κ3) is 4.58. The van der Waals surface area contributed by atoms with Gasteiger partial charge in [0.1, 0.15) is 0 Å². The van der Waals surface area contributed by atoms with Gasteiger partial charge < -0.3 is 10.0 Å². The SMILES string of the molecule is CCCCN(C)Cc1ccc([N+](=O)[O-])cc1C(C)(C)O. The summed E-state index contributed by atoms with van der Waals surface area (Å²) >= 11 is 0. The minimum atomic E-state index is -1.09. The summed E-state index contributed by atoms with van der Waals surface area (Å²) in [6.45, 7) is 7.10. The van der Waals surface area contributed by atoms with Gasteiger partial charge in [0.25, 0.3) is 5.69 Å². The second-order valence-corrected chi connectivity index (χ2v) is 5.75. The molecule has 0 bridgehead atoms. The van der Waals surface area contributed by atoms with E-state index in [2.05, 4.69) is 11.8 Å². The van der Waals surface area contributed by atoms with Crippen LogP contribution in [0.2, 0.25) is 0 Å². The van der Waals surface area contributed by atoms with E-state index < -0.39 is 10.5 Å². The lowest BCUT2D eigenvalue weighted by Crippen LogP contribution is -2.24. The number of unbranched alkanes of at least 4 members (excludes halogenated alkanes) is 1. The molecule has 0 amide bonds. The quantitative estimate of drug-likeness (QED) is 0.615. The molecule has 1 aromatic rings. The molecular weight excluding hydrogens is 256 g/mol. The molecule has 0 heterocycles. The summed E-state index contributed by atoms with van der Waals surface area (Å²) in [6.07, 6.45) is 2.24. The van der Waals surface area contributed by atoms with Crippen molar-refractivity contribution in [3.05, 3.63) is 39.4 Å². The Morgan fingerprint density at radius 2 is 2.05 bits per heavy atom. The summed E-state index contributed by atoms with van der Waals surface area (Å²) in [6, 6.07) is 4.72. The molecule has 0 aromatic heterocycles. The normalized spacial score (nSPS) is 11.9. The van der Waals surface area contributed by atoms with Crippen molar-refractivity contribution in [2.45, 2.75) is 45.8 Å². The Morgan fingerprint density at radius 3 is 2.55 bits per heavy atom. The van der Waals surface area contributed by atoms with Crippen molar-refractivity contribution in [2.24, 2.45) is 0 Å². The van der Waals surface area contributed by atoms with E-state index in [1.54, 1.807) is 19.9 Å². The molecule has 0 saturated carbocycles. The number of hydrogen-bond donors (Lipinski definition) is 1. The van der Waals surface area contributed by atoms with Crippen LogP contribution >= 0.6 is 0 Å². The van der Waals surface area contributed by atoms with Crippen LogP contribution in [-0.4, -0.2) is 28.5 Å². The molecule has 0 aliphatic rings. The number of nitrogens with zero attached hydrogens (tertiary/aromatic N) is 2. The van der Waals surface area contributed by atoms with Crippen LogP contribution in [-0.2, 0) is 12.1 Å². The first kappa shape index (κ1) is 16.6. The van der Waals surface area contributed by atoms with Crippen LogP contribution in [0.5, 0.6) is 0 Å². The molecule has 0 fully saturated rings. The number of benzene rings is 1. The second-order valence-electron chi connectivity index (χ2n) is 5.75. The van der Waals surface area contributed by atoms with Crippen LogP contribution < -0.4 is 0 Å². The molecule has 0 aliphatic heterocycles. The third-order valence-electron chi connectivity index (χ3n) is 3.30. The van der Waals surface area contributed by atoms with E-state index in [9.17, 15) is 15.2 Å². The van der Waals surface area contributed by atoms with Crippen molar-refractivity contribution in [3.8, 4) is 0 Å². The van der Waals surface area contributed by atoms with Crippen LogP contribution in [0.4, 0.5) is 5.69 Å². The van der Waals surface area contributed by atoms with Gasteiger partial charge in [-0.2, -0.15) is 0 Å². The average molecular weight is 280 g/mol. The maximum Gasteiger partial charge on any atom is 0.269 e. The molecule has 0 atom stereocenters. The molecule has 1 rings (SSSR count). The Morgan fingerprint density at radius 1 is 1.40 bits per heavy atom. The van der Waals surface area contributed by atoms with Gasteiger partial charge in [0, 0.05) is 18.7 Å². The van der Waals surface area contributed by atoms with Gasteiger partial charge in [-0.15, -0.1) is 0 Å². The topological polar surface area (TPSA) is 66.6 Å². The van der Waals surface area contributed by atoms with Gasteiger partial charge in [0.05, 0.1) is 10.5 Å². The highest BCUT2D eigenvalue weighted by Crippen LogP contribution is 2.28. The molecule has 0 unspecified atom stereocenters. The van der Waals surface area contributed by atoms with E-state index in [1.807, 2.05) is 7.05 Å². The lowest BCUT2D eigenvalue weighted by atomic mass is 9.92. The van der Waals surface area contributed by atoms with Crippen molar-refractivity contribution >= 4 is 5.69 Å². The molecule has 0 spiro atoms. The van der Waals surface area contributed by atoms with Crippen LogP contribution in [0.15, 0.2) is 18.2 Å². The number of rotatable bonds is 7. The van der Waals surface area contributed by atoms with Crippen molar-refractivity contribution in [2.75, 3.05) is 13.6 Å². The maximum absolute atomic E-state index is 10.9. The number of hydrogen-bond acceptors (Lipinski definition) is 4. The smallest absolute Gasteiger partial charge is 0.269 e. The van der Waals surface area contributed by atoms with Crippen molar-refractivity contribution in [3.63, 3.8) is 0 Å². The lowest BCUT2D eigenvalue weighted by molar-refractivity contribution is -0.385. The Balaban J connectivity index is 3.03. The molecule has 5 heteroatoms. The number of nitro groups is 1. The zero-order valence-corrected chi connectivity index (χ0v) is 12.7. The van der Waals surface area contributed by atoms with Gasteiger partial charge in [0.15, 0.2) is 0 Å². The summed E-state index contributed by atoms with van der Waals surface area (Å²) in [5, 5.41) is 21.1. The Bertz CT molecular complexity index is 467. The predicted octanol–water partition coefficient (Wildman–Crippen LogP) is 3.05. The minimum absolute atomic E-state index is 0.0158. The summed E-state index contributed by atoms with van der Waals surface area (Å²) in [5.74, 6) is 0. The molecule has 112 valence electrons. The van der Waals surface area contributed by atoms with E-state index >= 15 is 0 Å². The summed E-state index contributed by atoms with van der Waals surface area (Å²) < 4.78 is 0. The van der Waals surface area contributed by atoms with Gasteiger partial charge in [0.2, 0.25) is 0 Å². The first-order chi connectivity index (χ1) is 9.25. The monoisotopic (exact) mass is 280 g/mol. The molecule has 0 saturated heterocycles. The van der Waals surface area contributed by atoms with E-state index in [-0.39, 0.29) is 5.69 Å². The fraction of sp³-hybridized carbons (Fsp3) is 0.600. The molecule has 0 radical (unpaired) electrons. The van der Waals surface area contributed by atoms with Crippen LogP contribution in [0, 0.1) is 10.1 Å². The van der Waals surface area contributed by atoms with Gasteiger partial charge in [-0.3, -0.25) is 10.1 Å². The highest BCUT2D eigenvalue weighted by molar-refractivity contribution is 5.42. The van der Waals surface area contributed by atoms with Crippen molar-refractivity contribution in [1.82, 2.24) is 4.90 Å². The average Bonchev–Trinajstić information content (AvgIpc) is 2.35. The summed E-state index contributed by atoms with van der Waals surface area (Å²) in [5.41, 5.74) is 0.478. The van der Waals surface area contributed by atoms with E-state index in [1.165, 1.54) is 12.1 Å². The van der Waals surface area contributed by atoms with E-state index in [4.69, 9.17) is 0 Å². The van der Waals surface area contributed by atoms with Gasteiger partial charge in [-0.05, 0) is 45.0 Å². The molecule has 1 N–H and O–H groups in total. The number of aliphatic hydroxyl groups is 1. The van der Waals surface area contributed by atoms with Gasteiger partial charge in [-0.1, -0.05) is 19.4 Å². The zero-order valence-electron chi connectivity index (χ0n) is 12.7. The maximum atomic E-state index is 10.9. The standard InChI is InChI=1S/C15H24N2O3/c1-5-6-9-16(4)11-12-7-8-13(17(19)20)10-14(12)15(2,3)18/h7-8,10,18H,5-6,9,11H2,1-4H3. The van der Waals surface area contributed by atoms with Crippen LogP contribution in [0.3, 0.4) is 0 Å². The van der Waals surface area contributed by atoms with Crippen LogP contribution in [0.25, 0.3) is 0 Å². The molecule has 20 heavy (non-hydrogen) atoms. The Labute approximate surface area is 120 Å². The third-order valence-corrected chi connectivity index (χ3v) is 3.30. The zero-order chi connectivity index (χ0) is 15.3. The Kier molecular flexibility index (Phi) is 5.65. The largest absolute Gasteiger partial charge is 0.386 e. The van der Waals surface area contributed by atoms with Gasteiger partial charge >= 0.3 is 0 Å². The molecule has 0 aliphatic carbocycles. The minimum Gasteiger partial charge on any atom is -0.386 e. The number of nitro benzene ring substituents is 1.